The third kappa shape index (κ3) is 3.82. The number of carbonyl (C=O) groups is 2. The van der Waals surface area contributed by atoms with Crippen LogP contribution in [0.2, 0.25) is 0 Å². The fraction of sp³-hybridized carbons (Fsp3) is 0.208. The van der Waals surface area contributed by atoms with E-state index in [2.05, 4.69) is 4.98 Å². The first-order valence-electron chi connectivity index (χ1n) is 9.78. The average Bonchev–Trinajstić information content (AvgIpc) is 3.06. The van der Waals surface area contributed by atoms with Crippen molar-refractivity contribution in [2.45, 2.75) is 18.4 Å². The van der Waals surface area contributed by atoms with Gasteiger partial charge in [-0.1, -0.05) is 48.5 Å². The van der Waals surface area contributed by atoms with Gasteiger partial charge in [0.25, 0.3) is 0 Å². The van der Waals surface area contributed by atoms with Gasteiger partial charge < -0.3 is 15.6 Å². The Hall–Kier alpha value is -3.51. The first-order valence-corrected chi connectivity index (χ1v) is 9.78. The van der Waals surface area contributed by atoms with Crippen molar-refractivity contribution < 1.29 is 19.4 Å². The van der Waals surface area contributed by atoms with E-state index in [1.165, 1.54) is 0 Å². The molecule has 152 valence electrons. The van der Waals surface area contributed by atoms with Gasteiger partial charge in [0.15, 0.2) is 5.92 Å². The van der Waals surface area contributed by atoms with Gasteiger partial charge in [-0.2, -0.15) is 0 Å². The molecule has 1 aliphatic carbocycles. The topological polar surface area (TPSA) is 103 Å². The Morgan fingerprint density at radius 1 is 0.967 bits per heavy atom. The summed E-state index contributed by atoms with van der Waals surface area (Å²) in [5, 5.41) is 9.61. The molecule has 1 heterocycles. The van der Waals surface area contributed by atoms with Gasteiger partial charge in [0, 0.05) is 24.4 Å². The van der Waals surface area contributed by atoms with E-state index in [1.807, 2.05) is 48.5 Å². The van der Waals surface area contributed by atoms with Crippen LogP contribution in [0.1, 0.15) is 22.6 Å². The van der Waals surface area contributed by atoms with Crippen LogP contribution in [0.3, 0.4) is 0 Å². The SMILES string of the molecule is N[C@@H](Cc1ccncc1)[C@H](C(=O)O)C(=O)OCC1c2ccccc2-c2ccccc21. The molecule has 2 atom stereocenters. The molecule has 0 radical (unpaired) electrons. The normalized spacial score (nSPS) is 14.4. The maximum atomic E-state index is 12.7. The van der Waals surface area contributed by atoms with Crippen LogP contribution in [0.4, 0.5) is 0 Å². The molecule has 30 heavy (non-hydrogen) atoms. The van der Waals surface area contributed by atoms with Crippen LogP contribution in [0.25, 0.3) is 11.1 Å². The molecule has 1 aromatic heterocycles. The van der Waals surface area contributed by atoms with Crippen molar-refractivity contribution in [3.05, 3.63) is 89.7 Å². The molecule has 3 aromatic rings. The molecule has 6 heteroatoms. The Morgan fingerprint density at radius 3 is 2.10 bits per heavy atom. The Labute approximate surface area is 174 Å². The first-order chi connectivity index (χ1) is 14.6. The molecule has 3 N–H and O–H groups in total. The van der Waals surface area contributed by atoms with E-state index in [4.69, 9.17) is 10.5 Å². The molecule has 4 rings (SSSR count). The van der Waals surface area contributed by atoms with E-state index < -0.39 is 23.9 Å². The number of hydrogen-bond acceptors (Lipinski definition) is 5. The lowest BCUT2D eigenvalue weighted by atomic mass is 9.94. The largest absolute Gasteiger partial charge is 0.481 e. The second-order valence-corrected chi connectivity index (χ2v) is 7.40. The number of pyridine rings is 1. The highest BCUT2D eigenvalue weighted by molar-refractivity contribution is 5.95. The highest BCUT2D eigenvalue weighted by Gasteiger charge is 2.36. The van der Waals surface area contributed by atoms with E-state index in [-0.39, 0.29) is 18.9 Å². The second-order valence-electron chi connectivity index (χ2n) is 7.40. The van der Waals surface area contributed by atoms with Crippen LogP contribution in [0.5, 0.6) is 0 Å². The lowest BCUT2D eigenvalue weighted by Crippen LogP contribution is -2.43. The number of esters is 1. The van der Waals surface area contributed by atoms with Crippen molar-refractivity contribution >= 4 is 11.9 Å². The van der Waals surface area contributed by atoms with Crippen LogP contribution in [0.15, 0.2) is 73.1 Å². The molecule has 0 aliphatic heterocycles. The number of benzene rings is 2. The van der Waals surface area contributed by atoms with E-state index in [0.29, 0.717) is 0 Å². The summed E-state index contributed by atoms with van der Waals surface area (Å²) >= 11 is 0. The van der Waals surface area contributed by atoms with Crippen LogP contribution in [-0.2, 0) is 20.7 Å². The van der Waals surface area contributed by atoms with Crippen molar-refractivity contribution in [1.29, 1.82) is 0 Å². The smallest absolute Gasteiger partial charge is 0.321 e. The quantitative estimate of drug-likeness (QED) is 0.465. The number of nitrogens with two attached hydrogens (primary N) is 1. The zero-order valence-corrected chi connectivity index (χ0v) is 16.3. The number of carbonyl (C=O) groups excluding carboxylic acids is 1. The third-order valence-corrected chi connectivity index (χ3v) is 5.52. The monoisotopic (exact) mass is 402 g/mol. The summed E-state index contributed by atoms with van der Waals surface area (Å²) in [4.78, 5) is 28.4. The number of nitrogens with zero attached hydrogens (tertiary/aromatic N) is 1. The predicted molar refractivity (Wildman–Crippen MR) is 112 cm³/mol. The number of carboxylic acid groups (broad SMARTS) is 1. The van der Waals surface area contributed by atoms with Crippen molar-refractivity contribution in [3.63, 3.8) is 0 Å². The highest BCUT2D eigenvalue weighted by atomic mass is 16.5. The molecule has 0 unspecified atom stereocenters. The maximum absolute atomic E-state index is 12.7. The number of hydrogen-bond donors (Lipinski definition) is 2. The Balaban J connectivity index is 1.50. The fourth-order valence-electron chi connectivity index (χ4n) is 4.06. The fourth-order valence-corrected chi connectivity index (χ4v) is 4.06. The Bertz CT molecular complexity index is 1020. The van der Waals surface area contributed by atoms with Gasteiger partial charge in [0.05, 0.1) is 0 Å². The van der Waals surface area contributed by atoms with Gasteiger partial charge in [-0.3, -0.25) is 14.6 Å². The Kier molecular flexibility index (Phi) is 5.59. The van der Waals surface area contributed by atoms with E-state index in [9.17, 15) is 14.7 Å². The Morgan fingerprint density at radius 2 is 1.53 bits per heavy atom. The summed E-state index contributed by atoms with van der Waals surface area (Å²) in [6.45, 7) is 0.0681. The van der Waals surface area contributed by atoms with Crippen molar-refractivity contribution in [3.8, 4) is 11.1 Å². The molecule has 0 bridgehead atoms. The van der Waals surface area contributed by atoms with Crippen LogP contribution < -0.4 is 5.73 Å². The highest BCUT2D eigenvalue weighted by Crippen LogP contribution is 2.44. The molecule has 0 spiro atoms. The molecule has 0 fully saturated rings. The van der Waals surface area contributed by atoms with E-state index in [0.717, 1.165) is 27.8 Å². The van der Waals surface area contributed by atoms with Crippen LogP contribution in [-0.4, -0.2) is 34.7 Å². The van der Waals surface area contributed by atoms with Gasteiger partial charge in [-0.25, -0.2) is 0 Å². The van der Waals surface area contributed by atoms with E-state index >= 15 is 0 Å². The van der Waals surface area contributed by atoms with Crippen molar-refractivity contribution in [2.24, 2.45) is 11.7 Å². The van der Waals surface area contributed by atoms with Gasteiger partial charge >= 0.3 is 11.9 Å². The van der Waals surface area contributed by atoms with Gasteiger partial charge in [0.1, 0.15) is 6.61 Å². The summed E-state index contributed by atoms with van der Waals surface area (Å²) in [6.07, 6.45) is 3.44. The van der Waals surface area contributed by atoms with Gasteiger partial charge in [-0.05, 0) is 46.4 Å². The maximum Gasteiger partial charge on any atom is 0.321 e. The minimum atomic E-state index is -1.44. The molecular formula is C24H22N2O4. The summed E-state index contributed by atoms with van der Waals surface area (Å²) in [5.74, 6) is -3.67. The number of aliphatic carboxylic acids is 1. The standard InChI is InChI=1S/C24H22N2O4/c25-21(13-15-9-11-26-12-10-15)22(23(27)28)24(29)30-14-20-18-7-3-1-5-16(18)17-6-2-4-8-19(17)20/h1-12,20-22H,13-14,25H2,(H,27,28)/t21-,22+/m0/s1. The number of fused-ring (bicyclic) bond motifs is 3. The lowest BCUT2D eigenvalue weighted by molar-refractivity contribution is -0.159. The van der Waals surface area contributed by atoms with Crippen LogP contribution in [0, 0.1) is 5.92 Å². The second kappa shape index (κ2) is 8.47. The van der Waals surface area contributed by atoms with Crippen molar-refractivity contribution in [2.75, 3.05) is 6.61 Å². The number of rotatable bonds is 7. The molecule has 0 saturated carbocycles. The predicted octanol–water partition coefficient (Wildman–Crippen LogP) is 3.01. The summed E-state index contributed by atoms with van der Waals surface area (Å²) < 4.78 is 5.51. The minimum absolute atomic E-state index is 0.0681. The third-order valence-electron chi connectivity index (χ3n) is 5.52. The molecule has 6 nitrogen and oxygen atoms in total. The molecule has 0 amide bonds. The first kappa shape index (κ1) is 19.8. The zero-order valence-electron chi connectivity index (χ0n) is 16.3. The van der Waals surface area contributed by atoms with Crippen molar-refractivity contribution in [1.82, 2.24) is 4.98 Å². The zero-order chi connectivity index (χ0) is 21.1. The van der Waals surface area contributed by atoms with Crippen LogP contribution >= 0.6 is 0 Å². The molecular weight excluding hydrogens is 380 g/mol. The van der Waals surface area contributed by atoms with E-state index in [1.54, 1.807) is 24.5 Å². The summed E-state index contributed by atoms with van der Waals surface area (Å²) in [5.41, 5.74) is 11.3. The van der Waals surface area contributed by atoms with Gasteiger partial charge in [0.2, 0.25) is 0 Å². The molecule has 1 aliphatic rings. The average molecular weight is 402 g/mol. The number of carboxylic acids is 1. The number of aromatic nitrogens is 1. The molecule has 2 aromatic carbocycles. The number of ether oxygens (including phenoxy) is 1. The summed E-state index contributed by atoms with van der Waals surface area (Å²) in [7, 11) is 0. The lowest BCUT2D eigenvalue weighted by Gasteiger charge is -2.21. The summed E-state index contributed by atoms with van der Waals surface area (Å²) in [6, 6.07) is 18.5. The minimum Gasteiger partial charge on any atom is -0.481 e. The van der Waals surface area contributed by atoms with Gasteiger partial charge in [-0.15, -0.1) is 0 Å². The molecule has 0 saturated heterocycles.